The van der Waals surface area contributed by atoms with Crippen LogP contribution in [0.25, 0.3) is 0 Å². The van der Waals surface area contributed by atoms with Crippen molar-refractivity contribution in [1.82, 2.24) is 14.8 Å². The van der Waals surface area contributed by atoms with Crippen LogP contribution in [0.2, 0.25) is 0 Å². The Kier molecular flexibility index (Phi) is 4.32. The van der Waals surface area contributed by atoms with E-state index < -0.39 is 17.8 Å². The van der Waals surface area contributed by atoms with Gasteiger partial charge in [0.1, 0.15) is 6.10 Å². The van der Waals surface area contributed by atoms with Gasteiger partial charge in [-0.15, -0.1) is 0 Å². The van der Waals surface area contributed by atoms with E-state index in [9.17, 15) is 18.3 Å². The first-order valence-corrected chi connectivity index (χ1v) is 6.55. The summed E-state index contributed by atoms with van der Waals surface area (Å²) in [6, 6.07) is 3.97. The summed E-state index contributed by atoms with van der Waals surface area (Å²) in [5.41, 5.74) is 1.04. The summed E-state index contributed by atoms with van der Waals surface area (Å²) < 4.78 is 39.1. The molecule has 0 saturated heterocycles. The lowest BCUT2D eigenvalue weighted by atomic mass is 10.1. The molecule has 2 rings (SSSR count). The van der Waals surface area contributed by atoms with E-state index in [1.54, 1.807) is 4.68 Å². The standard InChI is InChI=1S/C14H16F3N3O/c1-3-20-11(6-9(2)19-20)7-13(21)12-5-4-10(8-18-12)14(15,16)17/h4-6,8,13,21H,3,7H2,1-2H3. The number of hydrogen-bond acceptors (Lipinski definition) is 3. The molecule has 0 saturated carbocycles. The van der Waals surface area contributed by atoms with Crippen LogP contribution in [-0.2, 0) is 19.1 Å². The van der Waals surface area contributed by atoms with E-state index >= 15 is 0 Å². The summed E-state index contributed by atoms with van der Waals surface area (Å²) >= 11 is 0. The summed E-state index contributed by atoms with van der Waals surface area (Å²) in [7, 11) is 0. The van der Waals surface area contributed by atoms with Crippen LogP contribution in [0.4, 0.5) is 13.2 Å². The van der Waals surface area contributed by atoms with Gasteiger partial charge >= 0.3 is 6.18 Å². The quantitative estimate of drug-likeness (QED) is 0.944. The topological polar surface area (TPSA) is 50.9 Å². The molecule has 0 amide bonds. The Labute approximate surface area is 120 Å². The summed E-state index contributed by atoms with van der Waals surface area (Å²) in [4.78, 5) is 3.70. The lowest BCUT2D eigenvalue weighted by Gasteiger charge is -2.12. The van der Waals surface area contributed by atoms with E-state index in [1.807, 2.05) is 19.9 Å². The van der Waals surface area contributed by atoms with Crippen molar-refractivity contribution >= 4 is 0 Å². The van der Waals surface area contributed by atoms with Gasteiger partial charge in [-0.05, 0) is 32.0 Å². The largest absolute Gasteiger partial charge is 0.417 e. The highest BCUT2D eigenvalue weighted by atomic mass is 19.4. The molecule has 0 bridgehead atoms. The maximum atomic E-state index is 12.5. The summed E-state index contributed by atoms with van der Waals surface area (Å²) in [5.74, 6) is 0. The molecule has 1 N–H and O–H groups in total. The number of alkyl halides is 3. The molecule has 0 aromatic carbocycles. The van der Waals surface area contributed by atoms with Crippen LogP contribution >= 0.6 is 0 Å². The summed E-state index contributed by atoms with van der Waals surface area (Å²) in [6.45, 7) is 4.44. The van der Waals surface area contributed by atoms with Crippen molar-refractivity contribution in [2.24, 2.45) is 0 Å². The molecule has 2 aromatic rings. The number of aromatic nitrogens is 3. The van der Waals surface area contributed by atoms with Crippen LogP contribution in [0.1, 0.15) is 35.7 Å². The van der Waals surface area contributed by atoms with Crippen molar-refractivity contribution in [3.63, 3.8) is 0 Å². The Morgan fingerprint density at radius 1 is 1.33 bits per heavy atom. The van der Waals surface area contributed by atoms with Crippen molar-refractivity contribution in [1.29, 1.82) is 0 Å². The second kappa shape index (κ2) is 5.85. The molecule has 0 radical (unpaired) electrons. The molecule has 0 aliphatic rings. The van der Waals surface area contributed by atoms with Crippen LogP contribution in [0.15, 0.2) is 24.4 Å². The third kappa shape index (κ3) is 3.60. The van der Waals surface area contributed by atoms with Crippen molar-refractivity contribution in [2.75, 3.05) is 0 Å². The zero-order chi connectivity index (χ0) is 15.6. The number of nitrogens with zero attached hydrogens (tertiary/aromatic N) is 3. The summed E-state index contributed by atoms with van der Waals surface area (Å²) in [6.07, 6.45) is -4.39. The number of aryl methyl sites for hydroxylation is 2. The SMILES string of the molecule is CCn1nc(C)cc1CC(O)c1ccc(C(F)(F)F)cn1. The second-order valence-electron chi connectivity index (χ2n) is 4.78. The highest BCUT2D eigenvalue weighted by Crippen LogP contribution is 2.29. The van der Waals surface area contributed by atoms with Gasteiger partial charge in [0.15, 0.2) is 0 Å². The van der Waals surface area contributed by atoms with E-state index in [0.717, 1.165) is 23.7 Å². The normalized spacial score (nSPS) is 13.4. The number of pyridine rings is 1. The minimum Gasteiger partial charge on any atom is -0.386 e. The summed E-state index contributed by atoms with van der Waals surface area (Å²) in [5, 5.41) is 14.4. The Hall–Kier alpha value is -1.89. The number of hydrogen-bond donors (Lipinski definition) is 1. The fraction of sp³-hybridized carbons (Fsp3) is 0.429. The lowest BCUT2D eigenvalue weighted by Crippen LogP contribution is -2.11. The molecule has 1 unspecified atom stereocenters. The van der Waals surface area contributed by atoms with E-state index in [-0.39, 0.29) is 12.1 Å². The van der Waals surface area contributed by atoms with Crippen molar-refractivity contribution in [3.8, 4) is 0 Å². The first-order chi connectivity index (χ1) is 9.81. The fourth-order valence-electron chi connectivity index (χ4n) is 2.11. The fourth-order valence-corrected chi connectivity index (χ4v) is 2.11. The van der Waals surface area contributed by atoms with Gasteiger partial charge in [-0.2, -0.15) is 18.3 Å². The zero-order valence-corrected chi connectivity index (χ0v) is 11.7. The maximum absolute atomic E-state index is 12.5. The molecule has 2 heterocycles. The number of aliphatic hydroxyl groups is 1. The van der Waals surface area contributed by atoms with Crippen LogP contribution < -0.4 is 0 Å². The van der Waals surface area contributed by atoms with Crippen LogP contribution in [0.5, 0.6) is 0 Å². The van der Waals surface area contributed by atoms with Crippen molar-refractivity contribution < 1.29 is 18.3 Å². The average molecular weight is 299 g/mol. The van der Waals surface area contributed by atoms with Gasteiger partial charge < -0.3 is 5.11 Å². The molecule has 114 valence electrons. The predicted molar refractivity (Wildman–Crippen MR) is 70.5 cm³/mol. The molecule has 0 aliphatic heterocycles. The molecule has 21 heavy (non-hydrogen) atoms. The average Bonchev–Trinajstić information content (AvgIpc) is 2.78. The minimum atomic E-state index is -4.42. The molecule has 0 fully saturated rings. The smallest absolute Gasteiger partial charge is 0.386 e. The van der Waals surface area contributed by atoms with Crippen LogP contribution in [0.3, 0.4) is 0 Å². The number of halogens is 3. The number of aliphatic hydroxyl groups excluding tert-OH is 1. The Balaban J connectivity index is 2.15. The van der Waals surface area contributed by atoms with Gasteiger partial charge in [0.2, 0.25) is 0 Å². The molecule has 0 aliphatic carbocycles. The van der Waals surface area contributed by atoms with Gasteiger partial charge in [0.25, 0.3) is 0 Å². The number of rotatable bonds is 4. The maximum Gasteiger partial charge on any atom is 0.417 e. The van der Waals surface area contributed by atoms with Gasteiger partial charge in [0.05, 0.1) is 17.0 Å². The van der Waals surface area contributed by atoms with Crippen LogP contribution in [0, 0.1) is 6.92 Å². The third-order valence-electron chi connectivity index (χ3n) is 3.14. The van der Waals surface area contributed by atoms with Gasteiger partial charge in [-0.1, -0.05) is 0 Å². The van der Waals surface area contributed by atoms with E-state index in [2.05, 4.69) is 10.1 Å². The molecule has 7 heteroatoms. The van der Waals surface area contributed by atoms with E-state index in [4.69, 9.17) is 0 Å². The van der Waals surface area contributed by atoms with Crippen molar-refractivity contribution in [2.45, 2.75) is 39.1 Å². The highest BCUT2D eigenvalue weighted by Gasteiger charge is 2.31. The third-order valence-corrected chi connectivity index (χ3v) is 3.14. The van der Waals surface area contributed by atoms with Crippen molar-refractivity contribution in [3.05, 3.63) is 47.0 Å². The van der Waals surface area contributed by atoms with Gasteiger partial charge in [-0.25, -0.2) is 0 Å². The second-order valence-corrected chi connectivity index (χ2v) is 4.78. The Bertz CT molecular complexity index is 605. The monoisotopic (exact) mass is 299 g/mol. The Morgan fingerprint density at radius 3 is 2.57 bits per heavy atom. The van der Waals surface area contributed by atoms with Gasteiger partial charge in [0, 0.05) is 24.9 Å². The molecular formula is C14H16F3N3O. The molecule has 0 spiro atoms. The molecule has 2 aromatic heterocycles. The predicted octanol–water partition coefficient (Wildman–Crippen LogP) is 2.90. The molecule has 1 atom stereocenters. The highest BCUT2D eigenvalue weighted by molar-refractivity contribution is 5.20. The van der Waals surface area contributed by atoms with Crippen LogP contribution in [-0.4, -0.2) is 19.9 Å². The van der Waals surface area contributed by atoms with E-state index in [1.165, 1.54) is 6.07 Å². The first kappa shape index (κ1) is 15.5. The molecular weight excluding hydrogens is 283 g/mol. The van der Waals surface area contributed by atoms with Gasteiger partial charge in [-0.3, -0.25) is 9.67 Å². The zero-order valence-electron chi connectivity index (χ0n) is 11.7. The van der Waals surface area contributed by atoms with E-state index in [0.29, 0.717) is 6.54 Å². The minimum absolute atomic E-state index is 0.213. The molecule has 4 nitrogen and oxygen atoms in total. The first-order valence-electron chi connectivity index (χ1n) is 6.55. The Morgan fingerprint density at radius 2 is 2.05 bits per heavy atom. The lowest BCUT2D eigenvalue weighted by molar-refractivity contribution is -0.137.